The first kappa shape index (κ1) is 7.86. The molecule has 1 heterocycles. The summed E-state index contributed by atoms with van der Waals surface area (Å²) >= 11 is 1.73. The van der Waals surface area contributed by atoms with Gasteiger partial charge in [0.25, 0.3) is 0 Å². The third kappa shape index (κ3) is 2.56. The summed E-state index contributed by atoms with van der Waals surface area (Å²) in [5.41, 5.74) is 0. The Morgan fingerprint density at radius 3 is 2.70 bits per heavy atom. The van der Waals surface area contributed by atoms with E-state index in [4.69, 9.17) is 0 Å². The summed E-state index contributed by atoms with van der Waals surface area (Å²) in [6.07, 6.45) is 3.68. The van der Waals surface area contributed by atoms with Gasteiger partial charge in [-0.05, 0) is 12.0 Å². The van der Waals surface area contributed by atoms with Gasteiger partial charge in [0.2, 0.25) is 0 Å². The van der Waals surface area contributed by atoms with Crippen molar-refractivity contribution in [3.8, 4) is 0 Å². The van der Waals surface area contributed by atoms with Crippen molar-refractivity contribution in [1.82, 2.24) is 0 Å². The van der Waals surface area contributed by atoms with E-state index in [0.29, 0.717) is 17.0 Å². The zero-order valence-electron chi connectivity index (χ0n) is 6.33. The van der Waals surface area contributed by atoms with Crippen LogP contribution < -0.4 is 0 Å². The van der Waals surface area contributed by atoms with Crippen molar-refractivity contribution in [1.29, 1.82) is 0 Å². The van der Waals surface area contributed by atoms with Crippen LogP contribution in [-0.2, 0) is 4.79 Å². The van der Waals surface area contributed by atoms with Gasteiger partial charge in [0, 0.05) is 5.75 Å². The molecule has 0 aromatic carbocycles. The molecule has 1 atom stereocenters. The molecule has 0 spiro atoms. The summed E-state index contributed by atoms with van der Waals surface area (Å²) < 4.78 is 0. The van der Waals surface area contributed by atoms with E-state index in [-0.39, 0.29) is 0 Å². The van der Waals surface area contributed by atoms with Crippen LogP contribution in [0.5, 0.6) is 0 Å². The SMILES string of the molecule is CC(C)/C=C/C(=O)C1CS1. The van der Waals surface area contributed by atoms with Gasteiger partial charge < -0.3 is 0 Å². The third-order valence-corrected chi connectivity index (χ3v) is 2.20. The van der Waals surface area contributed by atoms with E-state index in [1.165, 1.54) is 0 Å². The predicted octanol–water partition coefficient (Wildman–Crippen LogP) is 1.88. The summed E-state index contributed by atoms with van der Waals surface area (Å²) in [5.74, 6) is 1.81. The zero-order valence-corrected chi connectivity index (χ0v) is 7.15. The molecule has 0 N–H and O–H groups in total. The molecule has 0 radical (unpaired) electrons. The Morgan fingerprint density at radius 2 is 2.30 bits per heavy atom. The maximum Gasteiger partial charge on any atom is 0.169 e. The molecule has 0 aromatic rings. The molecule has 56 valence electrons. The van der Waals surface area contributed by atoms with Crippen molar-refractivity contribution < 1.29 is 4.79 Å². The molecule has 0 bridgehead atoms. The van der Waals surface area contributed by atoms with Crippen LogP contribution in [0.3, 0.4) is 0 Å². The molecule has 0 aromatic heterocycles. The van der Waals surface area contributed by atoms with Gasteiger partial charge in [-0.15, -0.1) is 11.8 Å². The first-order chi connectivity index (χ1) is 4.70. The second-order valence-electron chi connectivity index (χ2n) is 2.83. The molecule has 1 rings (SSSR count). The molecule has 1 unspecified atom stereocenters. The molecular formula is C8H12OS. The Labute approximate surface area is 65.9 Å². The maximum absolute atomic E-state index is 11.0. The van der Waals surface area contributed by atoms with Gasteiger partial charge in [-0.3, -0.25) is 4.79 Å². The third-order valence-electron chi connectivity index (χ3n) is 1.30. The maximum atomic E-state index is 11.0. The van der Waals surface area contributed by atoms with Crippen LogP contribution in [0, 0.1) is 5.92 Å². The average molecular weight is 156 g/mol. The normalized spacial score (nSPS) is 24.1. The molecular weight excluding hydrogens is 144 g/mol. The summed E-state index contributed by atoms with van der Waals surface area (Å²) in [6, 6.07) is 0. The standard InChI is InChI=1S/C8H12OS/c1-6(2)3-4-7(9)8-5-10-8/h3-4,6,8H,5H2,1-2H3/b4-3+. The Morgan fingerprint density at radius 1 is 1.70 bits per heavy atom. The second kappa shape index (κ2) is 3.24. The van der Waals surface area contributed by atoms with Crippen molar-refractivity contribution in [2.24, 2.45) is 5.92 Å². The van der Waals surface area contributed by atoms with Crippen LogP contribution in [0.15, 0.2) is 12.2 Å². The van der Waals surface area contributed by atoms with Crippen molar-refractivity contribution in [2.45, 2.75) is 19.1 Å². The summed E-state index contributed by atoms with van der Waals surface area (Å²) in [7, 11) is 0. The predicted molar refractivity (Wildman–Crippen MR) is 45.2 cm³/mol. The highest BCUT2D eigenvalue weighted by atomic mass is 32.2. The number of rotatable bonds is 3. The number of hydrogen-bond donors (Lipinski definition) is 0. The average Bonchev–Trinajstić information content (AvgIpc) is 2.63. The quantitative estimate of drug-likeness (QED) is 0.458. The van der Waals surface area contributed by atoms with E-state index in [1.54, 1.807) is 17.8 Å². The molecule has 1 saturated heterocycles. The first-order valence-electron chi connectivity index (χ1n) is 3.54. The summed E-state index contributed by atoms with van der Waals surface area (Å²) in [4.78, 5) is 11.0. The molecule has 0 amide bonds. The number of carbonyl (C=O) groups is 1. The molecule has 0 saturated carbocycles. The van der Waals surface area contributed by atoms with Crippen LogP contribution in [0.2, 0.25) is 0 Å². The van der Waals surface area contributed by atoms with Gasteiger partial charge in [-0.25, -0.2) is 0 Å². The number of ketones is 1. The van der Waals surface area contributed by atoms with E-state index < -0.39 is 0 Å². The fourth-order valence-corrected chi connectivity index (χ4v) is 1.11. The number of allylic oxidation sites excluding steroid dienone is 2. The largest absolute Gasteiger partial charge is 0.294 e. The molecule has 1 aliphatic rings. The van der Waals surface area contributed by atoms with E-state index in [9.17, 15) is 4.79 Å². The Balaban J connectivity index is 2.29. The lowest BCUT2D eigenvalue weighted by atomic mass is 10.2. The monoisotopic (exact) mass is 156 g/mol. The topological polar surface area (TPSA) is 17.1 Å². The number of thioether (sulfide) groups is 1. The van der Waals surface area contributed by atoms with Crippen LogP contribution in [-0.4, -0.2) is 16.8 Å². The van der Waals surface area contributed by atoms with Gasteiger partial charge in [-0.2, -0.15) is 0 Å². The Hall–Kier alpha value is -0.240. The van der Waals surface area contributed by atoms with Gasteiger partial charge in [0.05, 0.1) is 5.25 Å². The van der Waals surface area contributed by atoms with E-state index in [0.717, 1.165) is 5.75 Å². The molecule has 10 heavy (non-hydrogen) atoms. The fraction of sp³-hybridized carbons (Fsp3) is 0.625. The zero-order chi connectivity index (χ0) is 7.56. The van der Waals surface area contributed by atoms with Crippen molar-refractivity contribution in [3.63, 3.8) is 0 Å². The summed E-state index contributed by atoms with van der Waals surface area (Å²) in [6.45, 7) is 4.15. The van der Waals surface area contributed by atoms with E-state index >= 15 is 0 Å². The highest BCUT2D eigenvalue weighted by Gasteiger charge is 2.28. The van der Waals surface area contributed by atoms with E-state index in [1.807, 2.05) is 6.08 Å². The molecule has 1 nitrogen and oxygen atoms in total. The number of hydrogen-bond acceptors (Lipinski definition) is 2. The van der Waals surface area contributed by atoms with Crippen molar-refractivity contribution in [2.75, 3.05) is 5.75 Å². The highest BCUT2D eigenvalue weighted by molar-refractivity contribution is 8.07. The van der Waals surface area contributed by atoms with Crippen LogP contribution in [0.4, 0.5) is 0 Å². The second-order valence-corrected chi connectivity index (χ2v) is 4.06. The van der Waals surface area contributed by atoms with Crippen molar-refractivity contribution in [3.05, 3.63) is 12.2 Å². The molecule has 2 heteroatoms. The van der Waals surface area contributed by atoms with Crippen molar-refractivity contribution >= 4 is 17.5 Å². The minimum absolute atomic E-state index is 0.290. The fourth-order valence-electron chi connectivity index (χ4n) is 0.607. The smallest absolute Gasteiger partial charge is 0.169 e. The minimum atomic E-state index is 0.290. The Kier molecular flexibility index (Phi) is 2.55. The minimum Gasteiger partial charge on any atom is -0.294 e. The van der Waals surface area contributed by atoms with Crippen LogP contribution in [0.1, 0.15) is 13.8 Å². The first-order valence-corrected chi connectivity index (χ1v) is 4.58. The van der Waals surface area contributed by atoms with Gasteiger partial charge in [-0.1, -0.05) is 19.9 Å². The van der Waals surface area contributed by atoms with Gasteiger partial charge in [0.15, 0.2) is 5.78 Å². The summed E-state index contributed by atoms with van der Waals surface area (Å²) in [5, 5.41) is 0.301. The highest BCUT2D eigenvalue weighted by Crippen LogP contribution is 2.30. The lowest BCUT2D eigenvalue weighted by Gasteiger charge is -1.91. The molecule has 1 aliphatic heterocycles. The number of carbonyl (C=O) groups excluding carboxylic acids is 1. The van der Waals surface area contributed by atoms with E-state index in [2.05, 4.69) is 13.8 Å². The lowest BCUT2D eigenvalue weighted by Crippen LogP contribution is -2.00. The van der Waals surface area contributed by atoms with Gasteiger partial charge >= 0.3 is 0 Å². The lowest BCUT2D eigenvalue weighted by molar-refractivity contribution is -0.113. The van der Waals surface area contributed by atoms with Gasteiger partial charge in [0.1, 0.15) is 0 Å². The van der Waals surface area contributed by atoms with Crippen LogP contribution in [0.25, 0.3) is 0 Å². The molecule has 0 aliphatic carbocycles. The van der Waals surface area contributed by atoms with Crippen LogP contribution >= 0.6 is 11.8 Å². The Bertz CT molecular complexity index is 157. The molecule has 1 fully saturated rings.